The lowest BCUT2D eigenvalue weighted by atomic mass is 9.95. The highest BCUT2D eigenvalue weighted by Crippen LogP contribution is 2.40. The maximum absolute atomic E-state index is 13.1. The molecule has 1 unspecified atom stereocenters. The Kier molecular flexibility index (Phi) is 6.91. The van der Waals surface area contributed by atoms with Crippen molar-refractivity contribution in [1.82, 2.24) is 9.88 Å². The minimum absolute atomic E-state index is 0.00508. The van der Waals surface area contributed by atoms with Gasteiger partial charge in [-0.3, -0.25) is 14.6 Å². The highest BCUT2D eigenvalue weighted by molar-refractivity contribution is 6.46. The van der Waals surface area contributed by atoms with Crippen molar-refractivity contribution in [2.24, 2.45) is 0 Å². The first-order valence-electron chi connectivity index (χ1n) is 11.0. The summed E-state index contributed by atoms with van der Waals surface area (Å²) < 4.78 is 10.2. The Morgan fingerprint density at radius 3 is 2.20 bits per heavy atom. The molecule has 0 saturated carbocycles. The van der Waals surface area contributed by atoms with Gasteiger partial charge in [-0.2, -0.15) is 0 Å². The monoisotopic (exact) mass is 472 g/mol. The van der Waals surface area contributed by atoms with Crippen molar-refractivity contribution in [3.05, 3.63) is 101 Å². The van der Waals surface area contributed by atoms with Crippen molar-refractivity contribution in [3.63, 3.8) is 0 Å². The third-order valence-corrected chi connectivity index (χ3v) is 5.74. The number of benzene rings is 2. The van der Waals surface area contributed by atoms with E-state index in [2.05, 4.69) is 4.98 Å². The second-order valence-electron chi connectivity index (χ2n) is 7.85. The van der Waals surface area contributed by atoms with Crippen LogP contribution in [0, 0.1) is 0 Å². The summed E-state index contributed by atoms with van der Waals surface area (Å²) in [5.41, 5.74) is 2.12. The molecule has 0 aliphatic carbocycles. The molecule has 0 bridgehead atoms. The molecular formula is C27H24N2O6. The zero-order chi connectivity index (χ0) is 24.9. The van der Waals surface area contributed by atoms with Crippen LogP contribution in [-0.2, 0) is 20.9 Å². The predicted molar refractivity (Wildman–Crippen MR) is 127 cm³/mol. The Morgan fingerprint density at radius 1 is 0.971 bits per heavy atom. The largest absolute Gasteiger partial charge is 0.507 e. The van der Waals surface area contributed by atoms with Gasteiger partial charge in [0.1, 0.15) is 11.5 Å². The number of methoxy groups -OCH3 is 1. The fourth-order valence-electron chi connectivity index (χ4n) is 4.00. The summed E-state index contributed by atoms with van der Waals surface area (Å²) in [7, 11) is 1.53. The summed E-state index contributed by atoms with van der Waals surface area (Å²) >= 11 is 0. The number of amides is 1. The number of aliphatic hydroxyl groups excluding tert-OH is 1. The second kappa shape index (κ2) is 10.2. The Bertz CT molecular complexity index is 1270. The normalized spacial score (nSPS) is 16.9. The van der Waals surface area contributed by atoms with Gasteiger partial charge in [0.15, 0.2) is 0 Å². The molecule has 4 rings (SSSR count). The zero-order valence-electron chi connectivity index (χ0n) is 19.3. The van der Waals surface area contributed by atoms with E-state index in [4.69, 9.17) is 9.47 Å². The number of carbonyl (C=O) groups excluding carboxylic acids is 3. The van der Waals surface area contributed by atoms with Gasteiger partial charge >= 0.3 is 5.97 Å². The van der Waals surface area contributed by atoms with E-state index in [1.807, 2.05) is 0 Å². The van der Waals surface area contributed by atoms with Crippen LogP contribution in [0.4, 0.5) is 0 Å². The van der Waals surface area contributed by atoms with Crippen LogP contribution in [-0.4, -0.2) is 46.4 Å². The van der Waals surface area contributed by atoms with Crippen molar-refractivity contribution < 1.29 is 29.0 Å². The summed E-state index contributed by atoms with van der Waals surface area (Å²) in [5.74, 6) is -1.61. The molecule has 1 N–H and O–H groups in total. The number of nitrogens with zero attached hydrogens (tertiary/aromatic N) is 2. The van der Waals surface area contributed by atoms with Crippen molar-refractivity contribution in [2.45, 2.75) is 19.5 Å². The van der Waals surface area contributed by atoms with Gasteiger partial charge in [0.2, 0.25) is 0 Å². The van der Waals surface area contributed by atoms with Gasteiger partial charge < -0.3 is 19.5 Å². The molecule has 8 heteroatoms. The number of likely N-dealkylation sites (tertiary alicyclic amines) is 1. The Balaban J connectivity index is 1.73. The van der Waals surface area contributed by atoms with Gasteiger partial charge in [-0.1, -0.05) is 12.1 Å². The van der Waals surface area contributed by atoms with E-state index in [-0.39, 0.29) is 24.5 Å². The lowest BCUT2D eigenvalue weighted by molar-refractivity contribution is -0.140. The molecule has 35 heavy (non-hydrogen) atoms. The standard InChI is InChI=1S/C27H24N2O6/c1-3-35-27(33)20-6-4-17(5-7-20)16-29-23(18-12-14-28-15-13-18)22(25(31)26(29)32)24(30)19-8-10-21(34-2)11-9-19/h4-15,23,30H,3,16H2,1-2H3/b24-22+. The summed E-state index contributed by atoms with van der Waals surface area (Å²) in [6, 6.07) is 15.8. The topological polar surface area (TPSA) is 106 Å². The minimum atomic E-state index is -0.815. The molecule has 3 aromatic rings. The number of aromatic nitrogens is 1. The van der Waals surface area contributed by atoms with Gasteiger partial charge in [0.25, 0.3) is 11.7 Å². The quantitative estimate of drug-likeness (QED) is 0.241. The SMILES string of the molecule is CCOC(=O)c1ccc(CN2C(=O)C(=O)/C(=C(/O)c3ccc(OC)cc3)C2c2ccncc2)cc1. The summed E-state index contributed by atoms with van der Waals surface area (Å²) in [6.07, 6.45) is 3.13. The molecule has 0 spiro atoms. The number of aliphatic hydroxyl groups is 1. The fourth-order valence-corrected chi connectivity index (χ4v) is 4.00. The van der Waals surface area contributed by atoms with E-state index in [9.17, 15) is 19.5 Å². The van der Waals surface area contributed by atoms with Crippen LogP contribution in [0.2, 0.25) is 0 Å². The van der Waals surface area contributed by atoms with E-state index in [1.54, 1.807) is 80.0 Å². The number of Topliss-reactive ketones (excluding diaryl/α,β-unsaturated/α-hetero) is 1. The molecule has 1 saturated heterocycles. The number of ether oxygens (including phenoxy) is 2. The highest BCUT2D eigenvalue weighted by atomic mass is 16.5. The van der Waals surface area contributed by atoms with Crippen LogP contribution >= 0.6 is 0 Å². The number of pyridine rings is 1. The Morgan fingerprint density at radius 2 is 1.60 bits per heavy atom. The zero-order valence-corrected chi connectivity index (χ0v) is 19.3. The average molecular weight is 472 g/mol. The maximum atomic E-state index is 13.1. The van der Waals surface area contributed by atoms with Crippen molar-refractivity contribution in [1.29, 1.82) is 0 Å². The van der Waals surface area contributed by atoms with Crippen LogP contribution in [0.5, 0.6) is 5.75 Å². The van der Waals surface area contributed by atoms with Gasteiger partial charge in [0.05, 0.1) is 30.9 Å². The number of rotatable bonds is 7. The van der Waals surface area contributed by atoms with Crippen LogP contribution in [0.3, 0.4) is 0 Å². The molecule has 2 aromatic carbocycles. The van der Waals surface area contributed by atoms with Crippen molar-refractivity contribution >= 4 is 23.4 Å². The van der Waals surface area contributed by atoms with Crippen LogP contribution in [0.15, 0.2) is 78.6 Å². The number of esters is 1. The minimum Gasteiger partial charge on any atom is -0.507 e. The van der Waals surface area contributed by atoms with Crippen LogP contribution in [0.25, 0.3) is 5.76 Å². The average Bonchev–Trinajstić information content (AvgIpc) is 3.14. The molecule has 178 valence electrons. The maximum Gasteiger partial charge on any atom is 0.338 e. The van der Waals surface area contributed by atoms with E-state index in [0.717, 1.165) is 0 Å². The summed E-state index contributed by atoms with van der Waals surface area (Å²) in [5, 5.41) is 11.1. The molecular weight excluding hydrogens is 448 g/mol. The molecule has 1 amide bonds. The third-order valence-electron chi connectivity index (χ3n) is 5.74. The molecule has 1 fully saturated rings. The molecule has 1 aromatic heterocycles. The lowest BCUT2D eigenvalue weighted by Crippen LogP contribution is -2.29. The smallest absolute Gasteiger partial charge is 0.338 e. The van der Waals surface area contributed by atoms with E-state index < -0.39 is 23.7 Å². The van der Waals surface area contributed by atoms with Gasteiger partial charge in [-0.25, -0.2) is 4.79 Å². The number of hydrogen-bond acceptors (Lipinski definition) is 7. The lowest BCUT2D eigenvalue weighted by Gasteiger charge is -2.25. The van der Waals surface area contributed by atoms with Crippen LogP contribution in [0.1, 0.15) is 40.0 Å². The Labute approximate surface area is 202 Å². The second-order valence-corrected chi connectivity index (χ2v) is 7.85. The molecule has 8 nitrogen and oxygen atoms in total. The number of carbonyl (C=O) groups is 3. The number of hydrogen-bond donors (Lipinski definition) is 1. The fraction of sp³-hybridized carbons (Fsp3) is 0.185. The van der Waals surface area contributed by atoms with Crippen LogP contribution < -0.4 is 4.74 Å². The van der Waals surface area contributed by atoms with Gasteiger partial charge in [-0.05, 0) is 66.6 Å². The first kappa shape index (κ1) is 23.7. The Hall–Kier alpha value is -4.46. The highest BCUT2D eigenvalue weighted by Gasteiger charge is 2.46. The predicted octanol–water partition coefficient (Wildman–Crippen LogP) is 3.89. The summed E-state index contributed by atoms with van der Waals surface area (Å²) in [6.45, 7) is 2.10. The molecule has 1 atom stereocenters. The third kappa shape index (κ3) is 4.77. The number of ketones is 1. The molecule has 2 heterocycles. The summed E-state index contributed by atoms with van der Waals surface area (Å²) in [4.78, 5) is 43.6. The van der Waals surface area contributed by atoms with Gasteiger partial charge in [-0.15, -0.1) is 0 Å². The van der Waals surface area contributed by atoms with Crippen molar-refractivity contribution in [3.8, 4) is 5.75 Å². The molecule has 1 aliphatic rings. The molecule has 1 aliphatic heterocycles. The first-order valence-corrected chi connectivity index (χ1v) is 11.0. The molecule has 0 radical (unpaired) electrons. The van der Waals surface area contributed by atoms with E-state index in [1.165, 1.54) is 12.0 Å². The van der Waals surface area contributed by atoms with E-state index >= 15 is 0 Å². The van der Waals surface area contributed by atoms with Crippen molar-refractivity contribution in [2.75, 3.05) is 13.7 Å². The van der Waals surface area contributed by atoms with E-state index in [0.29, 0.717) is 28.0 Å². The van der Waals surface area contributed by atoms with Gasteiger partial charge in [0, 0.05) is 24.5 Å². The first-order chi connectivity index (χ1) is 16.9.